The molecule has 5 aliphatic carbocycles. The van der Waals surface area contributed by atoms with E-state index in [1.165, 1.54) is 0 Å². The van der Waals surface area contributed by atoms with Crippen molar-refractivity contribution >= 4 is 0 Å². The molecule has 0 aromatic rings. The molecule has 0 aromatic carbocycles. The van der Waals surface area contributed by atoms with Crippen molar-refractivity contribution in [3.05, 3.63) is 12.2 Å². The zero-order chi connectivity index (χ0) is 24.7. The van der Waals surface area contributed by atoms with Gasteiger partial charge in [-0.15, -0.1) is 0 Å². The molecule has 5 aliphatic rings. The Morgan fingerprint density at radius 1 is 0.344 bits per heavy atom. The molecule has 4 fully saturated rings. The molecule has 0 nitrogen and oxygen atoms in total. The largest absolute Gasteiger partial charge is 0.0811 e. The number of fused-ring (bicyclic) bond motifs is 10. The van der Waals surface area contributed by atoms with Crippen LogP contribution >= 0.6 is 0 Å². The quantitative estimate of drug-likeness (QED) is 0.330. The van der Waals surface area contributed by atoms with Gasteiger partial charge in [0.25, 0.3) is 0 Å². The van der Waals surface area contributed by atoms with Gasteiger partial charge in [0.2, 0.25) is 0 Å². The molecule has 0 aromatic heterocycles. The van der Waals surface area contributed by atoms with E-state index in [1.807, 2.05) is 0 Å². The van der Waals surface area contributed by atoms with Gasteiger partial charge >= 0.3 is 0 Å². The Balaban J connectivity index is 1.89. The molecule has 0 N–H and O–H groups in total. The standard InChI is InChI=1S/C32H54/c1-23(2)19-20(30(14)18-17-29(19,13)27(30,9)10)24(3,4)22-21(23)31(15)25(5,6)26(7,8)32(22,16)28(31,11)12/h17-22H,1-16H3. The average Bonchev–Trinajstić information content (AvgIpc) is 2.99. The first-order chi connectivity index (χ1) is 13.9. The maximum Gasteiger partial charge on any atom is -0.00503 e. The third-order valence-electron chi connectivity index (χ3n) is 16.6. The second-order valence-corrected chi connectivity index (χ2v) is 17.4. The topological polar surface area (TPSA) is 0 Å². The molecule has 8 atom stereocenters. The van der Waals surface area contributed by atoms with Crippen LogP contribution in [0.1, 0.15) is 111 Å². The first-order valence-corrected chi connectivity index (χ1v) is 13.6. The molecule has 0 heteroatoms. The Bertz CT molecular complexity index is 865. The lowest BCUT2D eigenvalue weighted by Gasteiger charge is -2.72. The summed E-state index contributed by atoms with van der Waals surface area (Å²) in [6, 6.07) is 0. The Labute approximate surface area is 200 Å². The molecule has 4 bridgehead atoms. The van der Waals surface area contributed by atoms with E-state index in [0.29, 0.717) is 32.5 Å². The zero-order valence-corrected chi connectivity index (χ0v) is 24.5. The van der Waals surface area contributed by atoms with Crippen molar-refractivity contribution in [1.29, 1.82) is 0 Å². The van der Waals surface area contributed by atoms with Crippen LogP contribution in [0.15, 0.2) is 12.2 Å². The first-order valence-electron chi connectivity index (χ1n) is 13.6. The van der Waals surface area contributed by atoms with Crippen LogP contribution in [-0.4, -0.2) is 0 Å². The SMILES string of the molecule is CC1(C)C2C(C(C)(C)C3C1C1(C)C(C)(C)C(C)(C)C3(C)C1(C)C)C1(C)C=CC2(C)C1(C)C. The van der Waals surface area contributed by atoms with Crippen LogP contribution in [0, 0.1) is 77.8 Å². The van der Waals surface area contributed by atoms with Gasteiger partial charge in [0.1, 0.15) is 0 Å². The molecule has 8 unspecified atom stereocenters. The summed E-state index contributed by atoms with van der Waals surface area (Å²) in [5.74, 6) is 2.92. The van der Waals surface area contributed by atoms with E-state index < -0.39 is 0 Å². The van der Waals surface area contributed by atoms with Crippen LogP contribution in [0.4, 0.5) is 0 Å². The lowest BCUT2D eigenvalue weighted by molar-refractivity contribution is -0.249. The van der Waals surface area contributed by atoms with E-state index in [4.69, 9.17) is 0 Å². The lowest BCUT2D eigenvalue weighted by Crippen LogP contribution is -2.68. The predicted octanol–water partition coefficient (Wildman–Crippen LogP) is 9.26. The van der Waals surface area contributed by atoms with E-state index in [9.17, 15) is 0 Å². The summed E-state index contributed by atoms with van der Waals surface area (Å²) in [5, 5.41) is 0. The minimum atomic E-state index is 0.265. The summed E-state index contributed by atoms with van der Waals surface area (Å²) in [4.78, 5) is 0. The van der Waals surface area contributed by atoms with Crippen molar-refractivity contribution in [3.8, 4) is 0 Å². The number of allylic oxidation sites excluding steroid dienone is 2. The predicted molar refractivity (Wildman–Crippen MR) is 138 cm³/mol. The van der Waals surface area contributed by atoms with Gasteiger partial charge < -0.3 is 0 Å². The smallest absolute Gasteiger partial charge is 0.00503 e. The van der Waals surface area contributed by atoms with Crippen LogP contribution in [0.5, 0.6) is 0 Å². The number of hydrogen-bond donors (Lipinski definition) is 0. The molecule has 182 valence electrons. The van der Waals surface area contributed by atoms with Crippen LogP contribution in [-0.2, 0) is 0 Å². The van der Waals surface area contributed by atoms with Crippen molar-refractivity contribution in [1.82, 2.24) is 0 Å². The molecule has 0 radical (unpaired) electrons. The summed E-state index contributed by atoms with van der Waals surface area (Å²) in [6.07, 6.45) is 5.34. The van der Waals surface area contributed by atoms with Crippen molar-refractivity contribution in [2.24, 2.45) is 77.8 Å². The highest BCUT2D eigenvalue weighted by Gasteiger charge is 2.91. The maximum absolute atomic E-state index is 2.74. The third-order valence-corrected chi connectivity index (χ3v) is 16.6. The summed E-state index contributed by atoms with van der Waals surface area (Å²) in [5.41, 5.74) is 2.88. The van der Waals surface area contributed by atoms with Crippen LogP contribution in [0.3, 0.4) is 0 Å². The van der Waals surface area contributed by atoms with E-state index in [-0.39, 0.29) is 21.7 Å². The Morgan fingerprint density at radius 3 is 0.906 bits per heavy atom. The molecule has 0 spiro atoms. The lowest BCUT2D eigenvalue weighted by atomic mass is 9.31. The molecule has 0 amide bonds. The average molecular weight is 439 g/mol. The molecule has 0 heterocycles. The van der Waals surface area contributed by atoms with Crippen LogP contribution in [0.25, 0.3) is 0 Å². The fourth-order valence-corrected chi connectivity index (χ4v) is 13.8. The second kappa shape index (κ2) is 5.00. The van der Waals surface area contributed by atoms with Crippen molar-refractivity contribution < 1.29 is 0 Å². The van der Waals surface area contributed by atoms with Crippen LogP contribution < -0.4 is 0 Å². The van der Waals surface area contributed by atoms with Crippen molar-refractivity contribution in [2.45, 2.75) is 111 Å². The monoisotopic (exact) mass is 438 g/mol. The van der Waals surface area contributed by atoms with Gasteiger partial charge in [0.15, 0.2) is 0 Å². The highest BCUT2D eigenvalue weighted by molar-refractivity contribution is 5.42. The van der Waals surface area contributed by atoms with Gasteiger partial charge in [-0.05, 0) is 77.8 Å². The number of hydrogen-bond acceptors (Lipinski definition) is 0. The Hall–Kier alpha value is -0.260. The van der Waals surface area contributed by atoms with E-state index in [1.54, 1.807) is 0 Å². The minimum Gasteiger partial charge on any atom is -0.0811 e. The maximum atomic E-state index is 2.74. The molecule has 5 rings (SSSR count). The van der Waals surface area contributed by atoms with Gasteiger partial charge in [-0.1, -0.05) is 123 Å². The zero-order valence-electron chi connectivity index (χ0n) is 24.5. The van der Waals surface area contributed by atoms with Crippen molar-refractivity contribution in [3.63, 3.8) is 0 Å². The van der Waals surface area contributed by atoms with Gasteiger partial charge in [-0.3, -0.25) is 0 Å². The summed E-state index contributed by atoms with van der Waals surface area (Å²) in [6.45, 7) is 42.7. The Morgan fingerprint density at radius 2 is 0.625 bits per heavy atom. The fourth-order valence-electron chi connectivity index (χ4n) is 13.8. The van der Waals surface area contributed by atoms with Gasteiger partial charge in [0, 0.05) is 0 Å². The molecule has 4 saturated carbocycles. The first kappa shape index (κ1) is 23.5. The normalized spacial score (nSPS) is 58.0. The minimum absolute atomic E-state index is 0.265. The fraction of sp³-hybridized carbons (Fsp3) is 0.938. The highest BCUT2D eigenvalue weighted by Crippen LogP contribution is 2.96. The van der Waals surface area contributed by atoms with E-state index in [2.05, 4.69) is 123 Å². The van der Waals surface area contributed by atoms with Crippen LogP contribution in [0.2, 0.25) is 0 Å². The van der Waals surface area contributed by atoms with E-state index >= 15 is 0 Å². The second-order valence-electron chi connectivity index (χ2n) is 17.4. The molecular formula is C32H54. The van der Waals surface area contributed by atoms with Crippen molar-refractivity contribution in [2.75, 3.05) is 0 Å². The summed E-state index contributed by atoms with van der Waals surface area (Å²) < 4.78 is 0. The highest BCUT2D eigenvalue weighted by atomic mass is 14.9. The van der Waals surface area contributed by atoms with E-state index in [0.717, 1.165) is 23.7 Å². The molecule has 0 aliphatic heterocycles. The van der Waals surface area contributed by atoms with Gasteiger partial charge in [0.05, 0.1) is 0 Å². The Kier molecular flexibility index (Phi) is 3.67. The molecule has 0 saturated heterocycles. The third kappa shape index (κ3) is 1.55. The summed E-state index contributed by atoms with van der Waals surface area (Å²) in [7, 11) is 0. The summed E-state index contributed by atoms with van der Waals surface area (Å²) >= 11 is 0. The number of rotatable bonds is 0. The van der Waals surface area contributed by atoms with Gasteiger partial charge in [-0.2, -0.15) is 0 Å². The molecular weight excluding hydrogens is 384 g/mol. The molecule has 32 heavy (non-hydrogen) atoms. The van der Waals surface area contributed by atoms with Gasteiger partial charge in [-0.25, -0.2) is 0 Å².